The second-order valence-electron chi connectivity index (χ2n) is 3.14. The molecule has 1 atom stereocenters. The van der Waals surface area contributed by atoms with Crippen LogP contribution < -0.4 is 11.1 Å². The fourth-order valence-electron chi connectivity index (χ4n) is 0.893. The molecule has 0 spiro atoms. The van der Waals surface area contributed by atoms with Crippen LogP contribution in [0.5, 0.6) is 0 Å². The Morgan fingerprint density at radius 3 is 2.29 bits per heavy atom. The summed E-state index contributed by atoms with van der Waals surface area (Å²) in [6, 6.07) is 7.13. The third-order valence-electron chi connectivity index (χ3n) is 1.73. The summed E-state index contributed by atoms with van der Waals surface area (Å²) in [6.07, 6.45) is 0. The standard InChI is InChI=1S/C10H14N2O.ClH/c1-7-3-5-9(6-4-7)12-10(13)8(2)11;/h3-6,8H,11H2,1-2H3,(H,12,13);1H. The van der Waals surface area contributed by atoms with E-state index in [9.17, 15) is 4.79 Å². The minimum absolute atomic E-state index is 0. The van der Waals surface area contributed by atoms with Crippen LogP contribution in [-0.4, -0.2) is 11.9 Å². The van der Waals surface area contributed by atoms with Crippen LogP contribution in [0, 0.1) is 6.92 Å². The normalized spacial score (nSPS) is 11.4. The number of carbonyl (C=O) groups excluding carboxylic acids is 1. The molecule has 1 amide bonds. The van der Waals surface area contributed by atoms with Crippen molar-refractivity contribution in [3.05, 3.63) is 29.8 Å². The molecule has 1 aromatic rings. The van der Waals surface area contributed by atoms with Gasteiger partial charge in [-0.1, -0.05) is 17.7 Å². The smallest absolute Gasteiger partial charge is 0.240 e. The van der Waals surface area contributed by atoms with Crippen LogP contribution in [0.3, 0.4) is 0 Å². The molecule has 0 aliphatic rings. The minimum Gasteiger partial charge on any atom is -0.325 e. The van der Waals surface area contributed by atoms with E-state index < -0.39 is 6.04 Å². The molecule has 14 heavy (non-hydrogen) atoms. The summed E-state index contributed by atoms with van der Waals surface area (Å²) < 4.78 is 0. The molecular weight excluding hydrogens is 200 g/mol. The largest absolute Gasteiger partial charge is 0.325 e. The van der Waals surface area contributed by atoms with Gasteiger partial charge in [-0.25, -0.2) is 0 Å². The van der Waals surface area contributed by atoms with Gasteiger partial charge >= 0.3 is 0 Å². The van der Waals surface area contributed by atoms with E-state index in [1.165, 1.54) is 5.56 Å². The Hall–Kier alpha value is -1.06. The Morgan fingerprint density at radius 1 is 1.36 bits per heavy atom. The number of hydrogen-bond donors (Lipinski definition) is 2. The van der Waals surface area contributed by atoms with Crippen LogP contribution in [0.25, 0.3) is 0 Å². The predicted molar refractivity (Wildman–Crippen MR) is 60.7 cm³/mol. The number of nitrogens with one attached hydrogen (secondary N) is 1. The first-order valence-electron chi connectivity index (χ1n) is 4.22. The van der Waals surface area contributed by atoms with Crippen LogP contribution >= 0.6 is 12.4 Å². The monoisotopic (exact) mass is 214 g/mol. The number of amides is 1. The summed E-state index contributed by atoms with van der Waals surface area (Å²) in [4.78, 5) is 11.2. The maximum Gasteiger partial charge on any atom is 0.240 e. The van der Waals surface area contributed by atoms with Crippen LogP contribution in [0.1, 0.15) is 12.5 Å². The van der Waals surface area contributed by atoms with Gasteiger partial charge in [0.05, 0.1) is 6.04 Å². The van der Waals surface area contributed by atoms with Crippen molar-refractivity contribution in [1.82, 2.24) is 0 Å². The molecule has 3 N–H and O–H groups in total. The Bertz CT molecular complexity index is 295. The lowest BCUT2D eigenvalue weighted by atomic mass is 10.2. The molecular formula is C10H15ClN2O. The van der Waals surface area contributed by atoms with E-state index in [0.717, 1.165) is 5.69 Å². The number of anilines is 1. The average Bonchev–Trinajstić information content (AvgIpc) is 2.08. The van der Waals surface area contributed by atoms with Crippen LogP contribution in [0.4, 0.5) is 5.69 Å². The van der Waals surface area contributed by atoms with Crippen molar-refractivity contribution in [2.75, 3.05) is 5.32 Å². The average molecular weight is 215 g/mol. The highest BCUT2D eigenvalue weighted by molar-refractivity contribution is 5.94. The van der Waals surface area contributed by atoms with Crippen molar-refractivity contribution in [2.24, 2.45) is 5.73 Å². The van der Waals surface area contributed by atoms with Crippen LogP contribution in [0.2, 0.25) is 0 Å². The van der Waals surface area contributed by atoms with Crippen molar-refractivity contribution in [2.45, 2.75) is 19.9 Å². The van der Waals surface area contributed by atoms with Gasteiger partial charge in [0.25, 0.3) is 0 Å². The molecule has 0 heterocycles. The number of benzene rings is 1. The number of aryl methyl sites for hydroxylation is 1. The van der Waals surface area contributed by atoms with Crippen molar-refractivity contribution in [3.63, 3.8) is 0 Å². The molecule has 1 aromatic carbocycles. The quantitative estimate of drug-likeness (QED) is 0.788. The Kier molecular flexibility index (Phi) is 5.20. The predicted octanol–water partition coefficient (Wildman–Crippen LogP) is 1.70. The molecule has 0 aromatic heterocycles. The molecule has 0 aliphatic carbocycles. The highest BCUT2D eigenvalue weighted by Gasteiger charge is 2.06. The third-order valence-corrected chi connectivity index (χ3v) is 1.73. The Labute approximate surface area is 90.1 Å². The first kappa shape index (κ1) is 12.9. The zero-order valence-electron chi connectivity index (χ0n) is 8.28. The second-order valence-corrected chi connectivity index (χ2v) is 3.14. The molecule has 3 nitrogen and oxygen atoms in total. The SMILES string of the molecule is Cc1ccc(NC(=O)C(C)N)cc1.Cl. The van der Waals surface area contributed by atoms with Crippen LogP contribution in [-0.2, 0) is 4.79 Å². The van der Waals surface area contributed by atoms with Crippen molar-refractivity contribution in [1.29, 1.82) is 0 Å². The molecule has 0 aliphatic heterocycles. The molecule has 0 saturated heterocycles. The van der Waals surface area contributed by atoms with Gasteiger partial charge in [0.2, 0.25) is 5.91 Å². The zero-order valence-corrected chi connectivity index (χ0v) is 9.10. The number of rotatable bonds is 2. The maximum atomic E-state index is 11.2. The molecule has 78 valence electrons. The van der Waals surface area contributed by atoms with Gasteiger partial charge in [0.1, 0.15) is 0 Å². The maximum absolute atomic E-state index is 11.2. The molecule has 1 rings (SSSR count). The Morgan fingerprint density at radius 2 is 1.86 bits per heavy atom. The first-order chi connectivity index (χ1) is 6.09. The number of carbonyl (C=O) groups is 1. The number of hydrogen-bond acceptors (Lipinski definition) is 2. The summed E-state index contributed by atoms with van der Waals surface area (Å²) in [7, 11) is 0. The van der Waals surface area contributed by atoms with E-state index in [4.69, 9.17) is 5.73 Å². The highest BCUT2D eigenvalue weighted by atomic mass is 35.5. The lowest BCUT2D eigenvalue weighted by Crippen LogP contribution is -2.32. The van der Waals surface area contributed by atoms with Gasteiger partial charge in [0.15, 0.2) is 0 Å². The topological polar surface area (TPSA) is 55.1 Å². The molecule has 4 heteroatoms. The fraction of sp³-hybridized carbons (Fsp3) is 0.300. The number of halogens is 1. The van der Waals surface area contributed by atoms with Crippen molar-refractivity contribution >= 4 is 24.0 Å². The van der Waals surface area contributed by atoms with Crippen LogP contribution in [0.15, 0.2) is 24.3 Å². The summed E-state index contributed by atoms with van der Waals surface area (Å²) in [5.41, 5.74) is 7.35. The van der Waals surface area contributed by atoms with Gasteiger partial charge in [-0.15, -0.1) is 12.4 Å². The van der Waals surface area contributed by atoms with E-state index >= 15 is 0 Å². The van der Waals surface area contributed by atoms with E-state index in [2.05, 4.69) is 5.32 Å². The van der Waals surface area contributed by atoms with Gasteiger partial charge < -0.3 is 11.1 Å². The second kappa shape index (κ2) is 5.62. The van der Waals surface area contributed by atoms with E-state index in [1.807, 2.05) is 31.2 Å². The third kappa shape index (κ3) is 3.77. The van der Waals surface area contributed by atoms with E-state index in [0.29, 0.717) is 0 Å². The summed E-state index contributed by atoms with van der Waals surface area (Å²) in [5.74, 6) is -0.163. The van der Waals surface area contributed by atoms with E-state index in [1.54, 1.807) is 6.92 Å². The minimum atomic E-state index is -0.471. The molecule has 0 bridgehead atoms. The van der Waals surface area contributed by atoms with Gasteiger partial charge in [-0.2, -0.15) is 0 Å². The van der Waals surface area contributed by atoms with E-state index in [-0.39, 0.29) is 18.3 Å². The van der Waals surface area contributed by atoms with Crippen molar-refractivity contribution in [3.8, 4) is 0 Å². The molecule has 0 saturated carbocycles. The first-order valence-corrected chi connectivity index (χ1v) is 4.22. The summed E-state index contributed by atoms with van der Waals surface area (Å²) in [5, 5.41) is 2.70. The zero-order chi connectivity index (χ0) is 9.84. The summed E-state index contributed by atoms with van der Waals surface area (Å²) >= 11 is 0. The lowest BCUT2D eigenvalue weighted by Gasteiger charge is -2.07. The molecule has 0 radical (unpaired) electrons. The Balaban J connectivity index is 0.00000169. The van der Waals surface area contributed by atoms with Gasteiger partial charge in [0, 0.05) is 5.69 Å². The molecule has 0 fully saturated rings. The van der Waals surface area contributed by atoms with Gasteiger partial charge in [-0.05, 0) is 26.0 Å². The fourth-order valence-corrected chi connectivity index (χ4v) is 0.893. The lowest BCUT2D eigenvalue weighted by molar-refractivity contribution is -0.117. The highest BCUT2D eigenvalue weighted by Crippen LogP contribution is 2.08. The van der Waals surface area contributed by atoms with Crippen molar-refractivity contribution < 1.29 is 4.79 Å². The number of nitrogens with two attached hydrogens (primary N) is 1. The van der Waals surface area contributed by atoms with Gasteiger partial charge in [-0.3, -0.25) is 4.79 Å². The molecule has 1 unspecified atom stereocenters. The summed E-state index contributed by atoms with van der Waals surface area (Å²) in [6.45, 7) is 3.65.